The summed E-state index contributed by atoms with van der Waals surface area (Å²) in [6.45, 7) is 10.3. The Bertz CT molecular complexity index is 485. The SMILES string of the molecule is CCCCC1CC(C(=O)OCC)=C(C)C(C)=C1C(=O)OCC. The quantitative estimate of drug-likeness (QED) is 0.668. The normalized spacial score (nSPS) is 18.5. The maximum Gasteiger partial charge on any atom is 0.334 e. The van der Waals surface area contributed by atoms with Gasteiger partial charge in [-0.2, -0.15) is 0 Å². The van der Waals surface area contributed by atoms with E-state index in [-0.39, 0.29) is 17.9 Å². The van der Waals surface area contributed by atoms with Crippen LogP contribution in [0.5, 0.6) is 0 Å². The second-order valence-corrected chi connectivity index (χ2v) is 5.63. The molecule has 0 aromatic carbocycles. The highest BCUT2D eigenvalue weighted by molar-refractivity contribution is 5.96. The lowest BCUT2D eigenvalue weighted by atomic mass is 9.77. The lowest BCUT2D eigenvalue weighted by molar-refractivity contribution is -0.141. The van der Waals surface area contributed by atoms with Crippen LogP contribution >= 0.6 is 0 Å². The Hall–Kier alpha value is -1.58. The lowest BCUT2D eigenvalue weighted by Crippen LogP contribution is -2.25. The summed E-state index contributed by atoms with van der Waals surface area (Å²) in [5, 5.41) is 0. The third-order valence-electron chi connectivity index (χ3n) is 4.20. The molecule has 0 aromatic rings. The first kappa shape index (κ1) is 18.5. The highest BCUT2D eigenvalue weighted by Crippen LogP contribution is 2.38. The minimum Gasteiger partial charge on any atom is -0.463 e. The standard InChI is InChI=1S/C18H28O4/c1-6-9-10-14-11-15(17(19)21-7-2)12(4)13(5)16(14)18(20)22-8-3/h14H,6-11H2,1-5H3. The first-order valence-corrected chi connectivity index (χ1v) is 8.22. The summed E-state index contributed by atoms with van der Waals surface area (Å²) in [4.78, 5) is 24.5. The summed E-state index contributed by atoms with van der Waals surface area (Å²) < 4.78 is 10.4. The number of allylic oxidation sites excluding steroid dienone is 2. The van der Waals surface area contributed by atoms with E-state index in [0.29, 0.717) is 25.2 Å². The average molecular weight is 308 g/mol. The van der Waals surface area contributed by atoms with E-state index in [0.717, 1.165) is 36.0 Å². The first-order chi connectivity index (χ1) is 10.5. The molecule has 0 spiro atoms. The van der Waals surface area contributed by atoms with Gasteiger partial charge in [0.2, 0.25) is 0 Å². The smallest absolute Gasteiger partial charge is 0.334 e. The summed E-state index contributed by atoms with van der Waals surface area (Å²) in [6.07, 6.45) is 3.54. The highest BCUT2D eigenvalue weighted by atomic mass is 16.5. The predicted molar refractivity (Wildman–Crippen MR) is 86.3 cm³/mol. The molecule has 4 heteroatoms. The Balaban J connectivity index is 3.19. The van der Waals surface area contributed by atoms with Crippen LogP contribution in [0.1, 0.15) is 60.3 Å². The largest absolute Gasteiger partial charge is 0.463 e. The molecule has 0 aromatic heterocycles. The molecule has 1 rings (SSSR count). The van der Waals surface area contributed by atoms with Gasteiger partial charge in [-0.05, 0) is 57.6 Å². The molecule has 0 N–H and O–H groups in total. The van der Waals surface area contributed by atoms with Crippen LogP contribution in [0.25, 0.3) is 0 Å². The maximum atomic E-state index is 12.3. The molecule has 0 heterocycles. The number of hydrogen-bond acceptors (Lipinski definition) is 4. The molecule has 0 fully saturated rings. The van der Waals surface area contributed by atoms with Crippen LogP contribution in [-0.4, -0.2) is 25.2 Å². The molecule has 1 aliphatic carbocycles. The zero-order chi connectivity index (χ0) is 16.7. The lowest BCUT2D eigenvalue weighted by Gasteiger charge is -2.28. The fraction of sp³-hybridized carbons (Fsp3) is 0.667. The van der Waals surface area contributed by atoms with Crippen molar-refractivity contribution in [1.82, 2.24) is 0 Å². The van der Waals surface area contributed by atoms with E-state index in [1.165, 1.54) is 0 Å². The van der Waals surface area contributed by atoms with E-state index in [9.17, 15) is 9.59 Å². The highest BCUT2D eigenvalue weighted by Gasteiger charge is 2.33. The van der Waals surface area contributed by atoms with Gasteiger partial charge in [0.25, 0.3) is 0 Å². The van der Waals surface area contributed by atoms with Gasteiger partial charge in [-0.15, -0.1) is 0 Å². The number of carbonyl (C=O) groups excluding carboxylic acids is 2. The monoisotopic (exact) mass is 308 g/mol. The molecule has 0 saturated heterocycles. The Morgan fingerprint density at radius 2 is 1.59 bits per heavy atom. The second kappa shape index (κ2) is 8.76. The van der Waals surface area contributed by atoms with Gasteiger partial charge in [-0.25, -0.2) is 9.59 Å². The molecule has 124 valence electrons. The molecular formula is C18H28O4. The van der Waals surface area contributed by atoms with Crippen LogP contribution in [0.2, 0.25) is 0 Å². The van der Waals surface area contributed by atoms with Crippen LogP contribution in [0.15, 0.2) is 22.3 Å². The van der Waals surface area contributed by atoms with Crippen molar-refractivity contribution >= 4 is 11.9 Å². The number of esters is 2. The predicted octanol–water partition coefficient (Wildman–Crippen LogP) is 3.96. The van der Waals surface area contributed by atoms with Gasteiger partial charge < -0.3 is 9.47 Å². The van der Waals surface area contributed by atoms with Crippen molar-refractivity contribution in [2.75, 3.05) is 13.2 Å². The van der Waals surface area contributed by atoms with E-state index >= 15 is 0 Å². The molecule has 1 aliphatic rings. The molecule has 0 amide bonds. The van der Waals surface area contributed by atoms with Crippen LogP contribution < -0.4 is 0 Å². The van der Waals surface area contributed by atoms with E-state index in [1.807, 2.05) is 20.8 Å². The van der Waals surface area contributed by atoms with Crippen molar-refractivity contribution in [3.8, 4) is 0 Å². The van der Waals surface area contributed by atoms with Crippen LogP contribution in [0.4, 0.5) is 0 Å². The second-order valence-electron chi connectivity index (χ2n) is 5.63. The molecule has 0 saturated carbocycles. The minimum atomic E-state index is -0.260. The molecule has 1 atom stereocenters. The summed E-state index contributed by atoms with van der Waals surface area (Å²) >= 11 is 0. The maximum absolute atomic E-state index is 12.3. The molecular weight excluding hydrogens is 280 g/mol. The molecule has 0 bridgehead atoms. The Kier molecular flexibility index (Phi) is 7.36. The van der Waals surface area contributed by atoms with Crippen molar-refractivity contribution in [2.24, 2.45) is 5.92 Å². The van der Waals surface area contributed by atoms with Crippen molar-refractivity contribution in [1.29, 1.82) is 0 Å². The Morgan fingerprint density at radius 1 is 1.00 bits per heavy atom. The number of carbonyl (C=O) groups is 2. The van der Waals surface area contributed by atoms with E-state index in [2.05, 4.69) is 6.92 Å². The summed E-state index contributed by atoms with van der Waals surface area (Å²) in [7, 11) is 0. The molecule has 0 aliphatic heterocycles. The Morgan fingerprint density at radius 3 is 2.14 bits per heavy atom. The summed E-state index contributed by atoms with van der Waals surface area (Å²) in [6, 6.07) is 0. The van der Waals surface area contributed by atoms with Gasteiger partial charge in [0, 0.05) is 11.1 Å². The third-order valence-corrected chi connectivity index (χ3v) is 4.20. The minimum absolute atomic E-state index is 0.0436. The van der Waals surface area contributed by atoms with Gasteiger partial charge in [-0.3, -0.25) is 0 Å². The average Bonchev–Trinajstić information content (AvgIpc) is 2.48. The number of rotatable bonds is 7. The summed E-state index contributed by atoms with van der Waals surface area (Å²) in [5.74, 6) is -0.464. The van der Waals surface area contributed by atoms with Crippen molar-refractivity contribution in [2.45, 2.75) is 60.3 Å². The van der Waals surface area contributed by atoms with E-state index < -0.39 is 0 Å². The van der Waals surface area contributed by atoms with Crippen molar-refractivity contribution < 1.29 is 19.1 Å². The van der Waals surface area contributed by atoms with Gasteiger partial charge >= 0.3 is 11.9 Å². The fourth-order valence-corrected chi connectivity index (χ4v) is 2.92. The molecule has 4 nitrogen and oxygen atoms in total. The van der Waals surface area contributed by atoms with Crippen molar-refractivity contribution in [3.05, 3.63) is 22.3 Å². The third kappa shape index (κ3) is 4.21. The fourth-order valence-electron chi connectivity index (χ4n) is 2.92. The topological polar surface area (TPSA) is 52.6 Å². The van der Waals surface area contributed by atoms with Crippen LogP contribution in [0.3, 0.4) is 0 Å². The number of hydrogen-bond donors (Lipinski definition) is 0. The first-order valence-electron chi connectivity index (χ1n) is 8.22. The number of ether oxygens (including phenoxy) is 2. The van der Waals surface area contributed by atoms with Gasteiger partial charge in [0.05, 0.1) is 13.2 Å². The van der Waals surface area contributed by atoms with E-state index in [4.69, 9.17) is 9.47 Å². The molecule has 1 unspecified atom stereocenters. The zero-order valence-corrected chi connectivity index (χ0v) is 14.5. The van der Waals surface area contributed by atoms with Gasteiger partial charge in [-0.1, -0.05) is 19.8 Å². The zero-order valence-electron chi connectivity index (χ0n) is 14.5. The number of unbranched alkanes of at least 4 members (excludes halogenated alkanes) is 1. The molecule has 22 heavy (non-hydrogen) atoms. The van der Waals surface area contributed by atoms with Crippen molar-refractivity contribution in [3.63, 3.8) is 0 Å². The Labute approximate surface area is 133 Å². The van der Waals surface area contributed by atoms with Crippen LogP contribution in [0, 0.1) is 5.92 Å². The summed E-state index contributed by atoms with van der Waals surface area (Å²) in [5.41, 5.74) is 3.16. The molecule has 0 radical (unpaired) electrons. The van der Waals surface area contributed by atoms with Gasteiger partial charge in [0.1, 0.15) is 0 Å². The van der Waals surface area contributed by atoms with Gasteiger partial charge in [0.15, 0.2) is 0 Å². The van der Waals surface area contributed by atoms with Crippen LogP contribution in [-0.2, 0) is 19.1 Å². The van der Waals surface area contributed by atoms with E-state index in [1.54, 1.807) is 6.92 Å².